The largest absolute Gasteiger partial charge is 0.534 e. The minimum Gasteiger partial charge on any atom is -0.427 e. The summed E-state index contributed by atoms with van der Waals surface area (Å²) in [5, 5.41) is 9.53. The molecule has 0 spiro atoms. The number of ether oxygens (including phenoxy) is 1. The van der Waals surface area contributed by atoms with Crippen molar-refractivity contribution in [3.63, 3.8) is 0 Å². The van der Waals surface area contributed by atoms with Gasteiger partial charge in [0.05, 0.1) is 0 Å². The molecule has 0 aliphatic carbocycles. The van der Waals surface area contributed by atoms with Crippen LogP contribution in [0.3, 0.4) is 0 Å². The second-order valence-corrected chi connectivity index (χ2v) is 7.84. The average molecular weight is 442 g/mol. The van der Waals surface area contributed by atoms with Crippen molar-refractivity contribution < 1.29 is 35.3 Å². The van der Waals surface area contributed by atoms with Crippen LogP contribution in [0.25, 0.3) is 11.1 Å². The lowest BCUT2D eigenvalue weighted by Gasteiger charge is -2.16. The number of nitrogens with zero attached hydrogens (tertiary/aromatic N) is 2. The predicted molar refractivity (Wildman–Crippen MR) is 100 cm³/mol. The van der Waals surface area contributed by atoms with Crippen molar-refractivity contribution in [1.82, 2.24) is 4.98 Å². The number of hydrogen-bond acceptors (Lipinski definition) is 7. The fourth-order valence-corrected chi connectivity index (χ4v) is 2.87. The zero-order valence-electron chi connectivity index (χ0n) is 16.1. The SMILES string of the molecule is CCC(C)c1cc(-c2cccc(OC(C)=O)c2)c(C#N)c(OS(=O)(=O)C(F)(F)F)n1. The molecule has 0 N–H and O–H groups in total. The normalized spacial score (nSPS) is 12.7. The third-order valence-corrected chi connectivity index (χ3v) is 5.06. The van der Waals surface area contributed by atoms with Crippen molar-refractivity contribution in [2.45, 2.75) is 38.6 Å². The summed E-state index contributed by atoms with van der Waals surface area (Å²) in [6.45, 7) is 4.73. The zero-order valence-corrected chi connectivity index (χ0v) is 17.0. The van der Waals surface area contributed by atoms with E-state index in [1.165, 1.54) is 37.3 Å². The Labute approximate surface area is 171 Å². The Morgan fingerprint density at radius 2 is 1.97 bits per heavy atom. The fraction of sp³-hybridized carbons (Fsp3) is 0.316. The smallest absolute Gasteiger partial charge is 0.427 e. The summed E-state index contributed by atoms with van der Waals surface area (Å²) in [6, 6.07) is 9.00. The molecular weight excluding hydrogens is 425 g/mol. The van der Waals surface area contributed by atoms with Gasteiger partial charge in [-0.3, -0.25) is 4.79 Å². The molecule has 160 valence electrons. The molecule has 0 bridgehead atoms. The number of nitriles is 1. The Morgan fingerprint density at radius 3 is 2.50 bits per heavy atom. The van der Waals surface area contributed by atoms with Crippen LogP contribution in [0.5, 0.6) is 11.6 Å². The molecule has 7 nitrogen and oxygen atoms in total. The molecule has 1 heterocycles. The molecular formula is C19H17F3N2O5S. The average Bonchev–Trinajstić information content (AvgIpc) is 2.65. The van der Waals surface area contributed by atoms with E-state index >= 15 is 0 Å². The zero-order chi connectivity index (χ0) is 22.7. The number of esters is 1. The molecule has 11 heteroatoms. The molecule has 1 unspecified atom stereocenters. The Bertz CT molecular complexity index is 1110. The van der Waals surface area contributed by atoms with Gasteiger partial charge in [0.15, 0.2) is 0 Å². The highest BCUT2D eigenvalue weighted by Crippen LogP contribution is 2.36. The number of carbonyl (C=O) groups excluding carboxylic acids is 1. The number of halogens is 3. The molecule has 1 atom stereocenters. The van der Waals surface area contributed by atoms with Crippen molar-refractivity contribution in [1.29, 1.82) is 5.26 Å². The first-order chi connectivity index (χ1) is 13.9. The van der Waals surface area contributed by atoms with Gasteiger partial charge < -0.3 is 8.92 Å². The van der Waals surface area contributed by atoms with Gasteiger partial charge in [0.25, 0.3) is 5.88 Å². The van der Waals surface area contributed by atoms with E-state index in [0.717, 1.165) is 0 Å². The topological polar surface area (TPSA) is 106 Å². The van der Waals surface area contributed by atoms with Crippen LogP contribution in [0.1, 0.15) is 44.4 Å². The second-order valence-electron chi connectivity index (χ2n) is 6.30. The van der Waals surface area contributed by atoms with Crippen LogP contribution in [-0.4, -0.2) is 24.9 Å². The Hall–Kier alpha value is -3.13. The Morgan fingerprint density at radius 1 is 1.30 bits per heavy atom. The van der Waals surface area contributed by atoms with E-state index in [1.807, 2.05) is 0 Å². The van der Waals surface area contributed by atoms with Gasteiger partial charge in [-0.05, 0) is 36.1 Å². The monoisotopic (exact) mass is 442 g/mol. The molecule has 0 saturated carbocycles. The maximum atomic E-state index is 12.8. The highest BCUT2D eigenvalue weighted by Gasteiger charge is 2.49. The summed E-state index contributed by atoms with van der Waals surface area (Å²) >= 11 is 0. The highest BCUT2D eigenvalue weighted by molar-refractivity contribution is 7.87. The summed E-state index contributed by atoms with van der Waals surface area (Å²) in [5.41, 5.74) is -5.58. The quantitative estimate of drug-likeness (QED) is 0.284. The number of carbonyl (C=O) groups is 1. The molecule has 0 aliphatic heterocycles. The number of rotatable bonds is 6. The van der Waals surface area contributed by atoms with Gasteiger partial charge in [0, 0.05) is 18.2 Å². The first-order valence-electron chi connectivity index (χ1n) is 8.64. The highest BCUT2D eigenvalue weighted by atomic mass is 32.2. The first kappa shape index (κ1) is 23.2. The number of aromatic nitrogens is 1. The van der Waals surface area contributed by atoms with E-state index in [2.05, 4.69) is 9.17 Å². The summed E-state index contributed by atoms with van der Waals surface area (Å²) in [6.07, 6.45) is 0.539. The fourth-order valence-electron chi connectivity index (χ4n) is 2.44. The van der Waals surface area contributed by atoms with Crippen LogP contribution in [-0.2, 0) is 14.9 Å². The number of benzene rings is 1. The van der Waals surface area contributed by atoms with Crippen LogP contribution in [0.4, 0.5) is 13.2 Å². The predicted octanol–water partition coefficient (Wildman–Crippen LogP) is 4.29. The van der Waals surface area contributed by atoms with E-state index in [0.29, 0.717) is 12.0 Å². The molecule has 0 amide bonds. The summed E-state index contributed by atoms with van der Waals surface area (Å²) in [4.78, 5) is 15.1. The maximum absolute atomic E-state index is 12.8. The lowest BCUT2D eigenvalue weighted by atomic mass is 9.96. The van der Waals surface area contributed by atoms with Gasteiger partial charge in [-0.15, -0.1) is 0 Å². The van der Waals surface area contributed by atoms with Crippen LogP contribution >= 0.6 is 0 Å². The van der Waals surface area contributed by atoms with Crippen molar-refractivity contribution in [3.05, 3.63) is 41.6 Å². The van der Waals surface area contributed by atoms with Gasteiger partial charge in [-0.2, -0.15) is 26.9 Å². The molecule has 0 saturated heterocycles. The molecule has 30 heavy (non-hydrogen) atoms. The van der Waals surface area contributed by atoms with Crippen LogP contribution < -0.4 is 8.92 Å². The van der Waals surface area contributed by atoms with Crippen molar-refractivity contribution >= 4 is 16.1 Å². The van der Waals surface area contributed by atoms with E-state index < -0.39 is 33.0 Å². The van der Waals surface area contributed by atoms with E-state index in [4.69, 9.17) is 4.74 Å². The van der Waals surface area contributed by atoms with Crippen LogP contribution in [0.15, 0.2) is 30.3 Å². The third-order valence-electron chi connectivity index (χ3n) is 4.11. The molecule has 1 aromatic carbocycles. The van der Waals surface area contributed by atoms with Crippen LogP contribution in [0, 0.1) is 11.3 Å². The van der Waals surface area contributed by atoms with Gasteiger partial charge in [-0.25, -0.2) is 4.98 Å². The molecule has 0 fully saturated rings. The minimum absolute atomic E-state index is 0.0872. The van der Waals surface area contributed by atoms with Gasteiger partial charge in [0.1, 0.15) is 17.4 Å². The lowest BCUT2D eigenvalue weighted by molar-refractivity contribution is -0.131. The Kier molecular flexibility index (Phi) is 6.72. The molecule has 1 aromatic heterocycles. The van der Waals surface area contributed by atoms with Gasteiger partial charge >= 0.3 is 21.6 Å². The number of hydrogen-bond donors (Lipinski definition) is 0. The molecule has 0 aliphatic rings. The van der Waals surface area contributed by atoms with E-state index in [1.54, 1.807) is 19.9 Å². The number of alkyl halides is 3. The third kappa shape index (κ3) is 5.07. The Balaban J connectivity index is 2.74. The first-order valence-corrected chi connectivity index (χ1v) is 10.0. The van der Waals surface area contributed by atoms with Gasteiger partial charge in [-0.1, -0.05) is 26.0 Å². The summed E-state index contributed by atoms with van der Waals surface area (Å²) in [7, 11) is -6.04. The van der Waals surface area contributed by atoms with Gasteiger partial charge in [0.2, 0.25) is 0 Å². The molecule has 2 rings (SSSR count). The van der Waals surface area contributed by atoms with Crippen molar-refractivity contribution in [2.75, 3.05) is 0 Å². The van der Waals surface area contributed by atoms with Crippen LogP contribution in [0.2, 0.25) is 0 Å². The minimum atomic E-state index is -6.04. The number of pyridine rings is 1. The molecule has 0 radical (unpaired) electrons. The molecule has 2 aromatic rings. The van der Waals surface area contributed by atoms with E-state index in [-0.39, 0.29) is 22.9 Å². The maximum Gasteiger partial charge on any atom is 0.534 e. The van der Waals surface area contributed by atoms with Crippen molar-refractivity contribution in [3.8, 4) is 28.8 Å². The standard InChI is InChI=1S/C19H17F3N2O5S/c1-4-11(2)17-9-15(13-6-5-7-14(8-13)28-12(3)25)16(10-23)18(24-17)29-30(26,27)19(20,21)22/h5-9,11H,4H2,1-3H3. The summed E-state index contributed by atoms with van der Waals surface area (Å²) in [5.74, 6) is -1.70. The van der Waals surface area contributed by atoms with E-state index in [9.17, 15) is 31.6 Å². The summed E-state index contributed by atoms with van der Waals surface area (Å²) < 4.78 is 70.6. The van der Waals surface area contributed by atoms with Crippen molar-refractivity contribution in [2.24, 2.45) is 0 Å². The second kappa shape index (κ2) is 8.71. The lowest BCUT2D eigenvalue weighted by Crippen LogP contribution is -2.28.